The summed E-state index contributed by atoms with van der Waals surface area (Å²) in [5.41, 5.74) is 6.96. The third kappa shape index (κ3) is 4.07. The molecule has 0 heterocycles. The van der Waals surface area contributed by atoms with Crippen LogP contribution in [-0.4, -0.2) is 23.8 Å². The molecule has 1 unspecified atom stereocenters. The van der Waals surface area contributed by atoms with Crippen LogP contribution in [0.25, 0.3) is 0 Å². The number of hydrogen-bond donors (Lipinski definition) is 2. The van der Waals surface area contributed by atoms with Gasteiger partial charge in [0.15, 0.2) is 0 Å². The van der Waals surface area contributed by atoms with Gasteiger partial charge in [0.2, 0.25) is 0 Å². The summed E-state index contributed by atoms with van der Waals surface area (Å²) < 4.78 is 0. The molecule has 1 aliphatic rings. The van der Waals surface area contributed by atoms with Crippen LogP contribution in [0.4, 0.5) is 0 Å². The standard InChI is InChI=1S/C17H27N3/c1-20(15-11-7-2-3-8-12-15)16(13-17(18)19)14-9-5-4-6-10-14/h4-6,9-10,15-16H,2-3,7-8,11-13H2,1H3,(H3,18,19). The van der Waals surface area contributed by atoms with Gasteiger partial charge in [0, 0.05) is 18.5 Å². The molecule has 1 fully saturated rings. The minimum Gasteiger partial charge on any atom is -0.388 e. The van der Waals surface area contributed by atoms with Gasteiger partial charge in [-0.15, -0.1) is 0 Å². The lowest BCUT2D eigenvalue weighted by Crippen LogP contribution is -2.36. The van der Waals surface area contributed by atoms with Gasteiger partial charge in [-0.2, -0.15) is 0 Å². The lowest BCUT2D eigenvalue weighted by molar-refractivity contribution is 0.160. The minimum atomic E-state index is 0.233. The molecule has 0 amide bonds. The van der Waals surface area contributed by atoms with E-state index in [-0.39, 0.29) is 11.9 Å². The summed E-state index contributed by atoms with van der Waals surface area (Å²) in [6.07, 6.45) is 8.57. The molecule has 3 heteroatoms. The van der Waals surface area contributed by atoms with Gasteiger partial charge in [0.1, 0.15) is 0 Å². The van der Waals surface area contributed by atoms with Gasteiger partial charge >= 0.3 is 0 Å². The maximum Gasteiger partial charge on any atom is 0.0924 e. The Balaban J connectivity index is 2.14. The summed E-state index contributed by atoms with van der Waals surface area (Å²) in [6, 6.07) is 11.4. The molecular weight excluding hydrogens is 246 g/mol. The zero-order valence-corrected chi connectivity index (χ0v) is 12.5. The van der Waals surface area contributed by atoms with Crippen molar-refractivity contribution in [2.45, 2.75) is 57.0 Å². The fraction of sp³-hybridized carbons (Fsp3) is 0.588. The summed E-state index contributed by atoms with van der Waals surface area (Å²) in [4.78, 5) is 2.46. The maximum absolute atomic E-state index is 7.68. The topological polar surface area (TPSA) is 53.1 Å². The largest absolute Gasteiger partial charge is 0.388 e. The van der Waals surface area contributed by atoms with Gasteiger partial charge in [0.05, 0.1) is 5.84 Å². The van der Waals surface area contributed by atoms with Gasteiger partial charge in [-0.25, -0.2) is 0 Å². The maximum atomic E-state index is 7.68. The summed E-state index contributed by atoms with van der Waals surface area (Å²) in [7, 11) is 2.20. The molecule has 1 aromatic rings. The number of rotatable bonds is 5. The Morgan fingerprint density at radius 3 is 2.35 bits per heavy atom. The number of nitrogens with two attached hydrogens (primary N) is 1. The van der Waals surface area contributed by atoms with Gasteiger partial charge < -0.3 is 5.73 Å². The number of hydrogen-bond acceptors (Lipinski definition) is 2. The second-order valence-corrected chi connectivity index (χ2v) is 5.97. The highest BCUT2D eigenvalue weighted by Crippen LogP contribution is 2.30. The SMILES string of the molecule is CN(C1CCCCCC1)C(CC(=N)N)c1ccccc1. The molecule has 0 aliphatic heterocycles. The number of nitrogens with one attached hydrogen (secondary N) is 1. The lowest BCUT2D eigenvalue weighted by atomic mass is 9.98. The van der Waals surface area contributed by atoms with Crippen LogP contribution in [0.1, 0.15) is 56.6 Å². The van der Waals surface area contributed by atoms with E-state index in [9.17, 15) is 0 Å². The van der Waals surface area contributed by atoms with Crippen molar-refractivity contribution in [2.75, 3.05) is 7.05 Å². The molecule has 1 aliphatic carbocycles. The van der Waals surface area contributed by atoms with Crippen LogP contribution >= 0.6 is 0 Å². The second kappa shape index (κ2) is 7.44. The van der Waals surface area contributed by atoms with E-state index in [0.717, 1.165) is 0 Å². The molecule has 0 aromatic heterocycles. The smallest absolute Gasteiger partial charge is 0.0924 e. The number of amidine groups is 1. The van der Waals surface area contributed by atoms with Crippen LogP contribution < -0.4 is 5.73 Å². The van der Waals surface area contributed by atoms with E-state index in [1.165, 1.54) is 44.1 Å². The molecule has 3 N–H and O–H groups in total. The van der Waals surface area contributed by atoms with Crippen molar-refractivity contribution < 1.29 is 0 Å². The van der Waals surface area contributed by atoms with Crippen molar-refractivity contribution in [2.24, 2.45) is 5.73 Å². The summed E-state index contributed by atoms with van der Waals surface area (Å²) in [5.74, 6) is 0.277. The van der Waals surface area contributed by atoms with Crippen molar-refractivity contribution in [3.63, 3.8) is 0 Å². The quantitative estimate of drug-likeness (QED) is 0.488. The van der Waals surface area contributed by atoms with E-state index in [1.54, 1.807) is 0 Å². The molecule has 1 saturated carbocycles. The van der Waals surface area contributed by atoms with Gasteiger partial charge in [-0.05, 0) is 25.5 Å². The van der Waals surface area contributed by atoms with Crippen LogP contribution in [0.5, 0.6) is 0 Å². The van der Waals surface area contributed by atoms with Crippen LogP contribution in [0.3, 0.4) is 0 Å². The predicted molar refractivity (Wildman–Crippen MR) is 85.0 cm³/mol. The molecule has 2 rings (SSSR count). The fourth-order valence-electron chi connectivity index (χ4n) is 3.30. The highest BCUT2D eigenvalue weighted by molar-refractivity contribution is 5.77. The van der Waals surface area contributed by atoms with Gasteiger partial charge in [-0.1, -0.05) is 56.0 Å². The summed E-state index contributed by atoms with van der Waals surface area (Å²) in [5, 5.41) is 7.68. The van der Waals surface area contributed by atoms with Gasteiger partial charge in [-0.3, -0.25) is 10.3 Å². The van der Waals surface area contributed by atoms with Crippen LogP contribution in [0.2, 0.25) is 0 Å². The second-order valence-electron chi connectivity index (χ2n) is 5.97. The predicted octanol–water partition coefficient (Wildman–Crippen LogP) is 3.71. The van der Waals surface area contributed by atoms with Crippen LogP contribution in [-0.2, 0) is 0 Å². The fourth-order valence-corrected chi connectivity index (χ4v) is 3.30. The van der Waals surface area contributed by atoms with Crippen molar-refractivity contribution in [1.29, 1.82) is 5.41 Å². The average molecular weight is 273 g/mol. The van der Waals surface area contributed by atoms with Crippen LogP contribution in [0, 0.1) is 5.41 Å². The van der Waals surface area contributed by atoms with Crippen LogP contribution in [0.15, 0.2) is 30.3 Å². The monoisotopic (exact) mass is 273 g/mol. The Hall–Kier alpha value is -1.35. The molecule has 0 spiro atoms. The molecule has 0 radical (unpaired) electrons. The average Bonchev–Trinajstić information content (AvgIpc) is 2.74. The Morgan fingerprint density at radius 1 is 1.20 bits per heavy atom. The number of nitrogens with zero attached hydrogens (tertiary/aromatic N) is 1. The Morgan fingerprint density at radius 2 is 1.80 bits per heavy atom. The lowest BCUT2D eigenvalue weighted by Gasteiger charge is -2.35. The highest BCUT2D eigenvalue weighted by Gasteiger charge is 2.25. The van der Waals surface area contributed by atoms with E-state index < -0.39 is 0 Å². The first-order valence-electron chi connectivity index (χ1n) is 7.78. The normalized spacial score (nSPS) is 18.7. The summed E-state index contributed by atoms with van der Waals surface area (Å²) >= 11 is 0. The highest BCUT2D eigenvalue weighted by atomic mass is 15.2. The number of benzene rings is 1. The van der Waals surface area contributed by atoms with Crippen molar-refractivity contribution >= 4 is 5.84 Å². The van der Waals surface area contributed by atoms with E-state index in [2.05, 4.69) is 36.2 Å². The van der Waals surface area contributed by atoms with Crippen molar-refractivity contribution in [3.8, 4) is 0 Å². The Bertz CT molecular complexity index is 408. The third-order valence-electron chi connectivity index (χ3n) is 4.49. The Labute approximate surface area is 122 Å². The van der Waals surface area contributed by atoms with E-state index in [1.807, 2.05) is 6.07 Å². The van der Waals surface area contributed by atoms with E-state index in [0.29, 0.717) is 12.5 Å². The third-order valence-corrected chi connectivity index (χ3v) is 4.49. The first-order chi connectivity index (χ1) is 9.68. The first-order valence-corrected chi connectivity index (χ1v) is 7.78. The van der Waals surface area contributed by atoms with Crippen molar-refractivity contribution in [1.82, 2.24) is 4.90 Å². The first kappa shape index (κ1) is 15.0. The molecule has 20 heavy (non-hydrogen) atoms. The zero-order chi connectivity index (χ0) is 14.4. The molecule has 0 bridgehead atoms. The van der Waals surface area contributed by atoms with E-state index >= 15 is 0 Å². The minimum absolute atomic E-state index is 0.233. The van der Waals surface area contributed by atoms with Crippen molar-refractivity contribution in [3.05, 3.63) is 35.9 Å². The molecular formula is C17H27N3. The molecule has 0 saturated heterocycles. The molecule has 1 aromatic carbocycles. The van der Waals surface area contributed by atoms with E-state index in [4.69, 9.17) is 11.1 Å². The molecule has 3 nitrogen and oxygen atoms in total. The zero-order valence-electron chi connectivity index (χ0n) is 12.5. The molecule has 1 atom stereocenters. The molecule has 110 valence electrons. The van der Waals surface area contributed by atoms with Gasteiger partial charge in [0.25, 0.3) is 0 Å². The summed E-state index contributed by atoms with van der Waals surface area (Å²) in [6.45, 7) is 0. The Kier molecular flexibility index (Phi) is 5.60.